The molecule has 0 bridgehead atoms. The molecular formula is C40H42F2N2O4S2. The van der Waals surface area contributed by atoms with Gasteiger partial charge in [-0.05, 0) is 136 Å². The van der Waals surface area contributed by atoms with Crippen LogP contribution in [0.5, 0.6) is 0 Å². The van der Waals surface area contributed by atoms with Gasteiger partial charge in [0.05, 0.1) is 0 Å². The van der Waals surface area contributed by atoms with Crippen LogP contribution in [-0.2, 0) is 19.3 Å². The van der Waals surface area contributed by atoms with Crippen LogP contribution in [0.25, 0.3) is 0 Å². The first kappa shape index (κ1) is 36.1. The fraction of sp³-hybridized carbons (Fsp3) is 0.350. The first-order chi connectivity index (χ1) is 24.0. The van der Waals surface area contributed by atoms with Crippen LogP contribution in [0.4, 0.5) is 8.78 Å². The largest absolute Gasteiger partial charge is 0.438 e. The predicted octanol–water partition coefficient (Wildman–Crippen LogP) is 9.48. The molecule has 0 aromatic heterocycles. The molecule has 10 heteroatoms. The van der Waals surface area contributed by atoms with E-state index in [2.05, 4.69) is 64.1 Å². The van der Waals surface area contributed by atoms with Crippen molar-refractivity contribution in [2.45, 2.75) is 84.8 Å². The zero-order chi connectivity index (χ0) is 35.4. The van der Waals surface area contributed by atoms with Gasteiger partial charge in [-0.3, -0.25) is 0 Å². The fourth-order valence-corrected chi connectivity index (χ4v) is 8.90. The SMILES string of the molecule is Cc1ccc(Sc2ccc(F)cc2C2CCN(OC(=O)C(=O)ON3CCC(c4cc(F)ccc4Sc4ccc(C)cc4C)CC3)CC2)c(C)c1. The number of hydrogen-bond acceptors (Lipinski definition) is 8. The molecule has 0 amide bonds. The minimum absolute atomic E-state index is 0.0834. The summed E-state index contributed by atoms with van der Waals surface area (Å²) < 4.78 is 28.8. The highest BCUT2D eigenvalue weighted by atomic mass is 32.2. The van der Waals surface area contributed by atoms with Crippen LogP contribution in [0, 0.1) is 39.3 Å². The van der Waals surface area contributed by atoms with Crippen LogP contribution in [0.2, 0.25) is 0 Å². The third-order valence-corrected chi connectivity index (χ3v) is 12.0. The second kappa shape index (κ2) is 16.1. The number of hydroxylamine groups is 4. The van der Waals surface area contributed by atoms with E-state index in [1.165, 1.54) is 44.5 Å². The summed E-state index contributed by atoms with van der Waals surface area (Å²) in [7, 11) is 0. The zero-order valence-electron chi connectivity index (χ0n) is 28.8. The lowest BCUT2D eigenvalue weighted by Crippen LogP contribution is -2.41. The lowest BCUT2D eigenvalue weighted by molar-refractivity contribution is -0.222. The summed E-state index contributed by atoms with van der Waals surface area (Å²) in [5.74, 6) is -2.53. The highest BCUT2D eigenvalue weighted by Gasteiger charge is 2.31. The van der Waals surface area contributed by atoms with E-state index in [0.717, 1.165) is 30.7 Å². The van der Waals surface area contributed by atoms with Crippen molar-refractivity contribution in [3.05, 3.63) is 118 Å². The summed E-state index contributed by atoms with van der Waals surface area (Å²) >= 11 is 3.27. The average Bonchev–Trinajstić information content (AvgIpc) is 3.09. The molecule has 4 aromatic carbocycles. The van der Waals surface area contributed by atoms with Gasteiger partial charge in [0.2, 0.25) is 0 Å². The van der Waals surface area contributed by atoms with Crippen LogP contribution in [-0.4, -0.2) is 48.2 Å². The number of aryl methyl sites for hydroxylation is 4. The maximum Gasteiger partial charge on any atom is 0.438 e. The topological polar surface area (TPSA) is 59.1 Å². The lowest BCUT2D eigenvalue weighted by Gasteiger charge is -2.32. The predicted molar refractivity (Wildman–Crippen MR) is 192 cm³/mol. The van der Waals surface area contributed by atoms with Crippen molar-refractivity contribution >= 4 is 35.5 Å². The van der Waals surface area contributed by atoms with Gasteiger partial charge in [0.25, 0.3) is 0 Å². The van der Waals surface area contributed by atoms with E-state index in [-0.39, 0.29) is 23.5 Å². The summed E-state index contributed by atoms with van der Waals surface area (Å²) in [6.07, 6.45) is 2.57. The van der Waals surface area contributed by atoms with Crippen LogP contribution in [0.3, 0.4) is 0 Å². The van der Waals surface area contributed by atoms with Crippen LogP contribution >= 0.6 is 23.5 Å². The lowest BCUT2D eigenvalue weighted by atomic mass is 9.90. The monoisotopic (exact) mass is 716 g/mol. The molecule has 2 aliphatic rings. The molecule has 2 fully saturated rings. The maximum atomic E-state index is 14.4. The van der Waals surface area contributed by atoms with Crippen molar-refractivity contribution in [2.24, 2.45) is 0 Å². The third kappa shape index (κ3) is 8.96. The first-order valence-corrected chi connectivity index (χ1v) is 18.7. The maximum absolute atomic E-state index is 14.4. The molecule has 0 aliphatic carbocycles. The standard InChI is InChI=1S/C40H42F2N2O4S2/c1-25-5-9-35(27(3)21-25)49-37-11-7-31(41)23-33(37)29-13-17-43(18-14-29)47-39(45)40(46)48-44-19-15-30(16-20-44)34-24-32(42)8-12-38(34)50-36-10-6-26(2)22-28(36)4/h5-12,21-24,29-30H,13-20H2,1-4H3. The molecule has 4 aromatic rings. The minimum atomic E-state index is -1.07. The molecule has 50 heavy (non-hydrogen) atoms. The second-order valence-electron chi connectivity index (χ2n) is 13.3. The Bertz CT molecular complexity index is 1740. The molecule has 2 aliphatic heterocycles. The van der Waals surface area contributed by atoms with Gasteiger partial charge in [0.15, 0.2) is 0 Å². The average molecular weight is 717 g/mol. The molecule has 262 valence electrons. The van der Waals surface area contributed by atoms with E-state index in [0.29, 0.717) is 51.9 Å². The van der Waals surface area contributed by atoms with E-state index in [4.69, 9.17) is 9.68 Å². The Kier molecular flexibility index (Phi) is 11.6. The van der Waals surface area contributed by atoms with E-state index >= 15 is 0 Å². The minimum Gasteiger partial charge on any atom is -0.359 e. The van der Waals surface area contributed by atoms with E-state index < -0.39 is 11.9 Å². The van der Waals surface area contributed by atoms with E-state index in [1.807, 2.05) is 12.1 Å². The Morgan fingerprint density at radius 1 is 0.560 bits per heavy atom. The highest BCUT2D eigenvalue weighted by molar-refractivity contribution is 7.99. The quantitative estimate of drug-likeness (QED) is 0.167. The molecule has 0 spiro atoms. The first-order valence-electron chi connectivity index (χ1n) is 17.1. The number of carbonyl (C=O) groups is 2. The van der Waals surface area contributed by atoms with Crippen LogP contribution in [0.15, 0.2) is 92.4 Å². The normalized spacial score (nSPS) is 16.4. The molecule has 0 unspecified atom stereocenters. The fourth-order valence-electron chi connectivity index (χ4n) is 6.75. The number of halogens is 2. The third-order valence-electron chi connectivity index (χ3n) is 9.42. The van der Waals surface area contributed by atoms with Crippen molar-refractivity contribution in [1.29, 1.82) is 0 Å². The Morgan fingerprint density at radius 2 is 0.920 bits per heavy atom. The van der Waals surface area contributed by atoms with Gasteiger partial charge < -0.3 is 9.68 Å². The number of rotatable bonds is 8. The Morgan fingerprint density at radius 3 is 1.28 bits per heavy atom. The highest BCUT2D eigenvalue weighted by Crippen LogP contribution is 2.41. The summed E-state index contributed by atoms with van der Waals surface area (Å²) in [6.45, 7) is 9.93. The van der Waals surface area contributed by atoms with Crippen molar-refractivity contribution in [3.63, 3.8) is 0 Å². The van der Waals surface area contributed by atoms with Crippen molar-refractivity contribution < 1.29 is 28.0 Å². The molecule has 2 saturated heterocycles. The van der Waals surface area contributed by atoms with Gasteiger partial charge in [-0.2, -0.15) is 0 Å². The zero-order valence-corrected chi connectivity index (χ0v) is 30.5. The van der Waals surface area contributed by atoms with Crippen molar-refractivity contribution in [1.82, 2.24) is 10.1 Å². The molecule has 0 radical (unpaired) electrons. The Hall–Kier alpha value is -3.70. The Labute approximate surface area is 301 Å². The molecule has 6 nitrogen and oxygen atoms in total. The van der Waals surface area contributed by atoms with Gasteiger partial charge >= 0.3 is 11.9 Å². The summed E-state index contributed by atoms with van der Waals surface area (Å²) in [5.41, 5.74) is 6.62. The molecule has 0 N–H and O–H groups in total. The van der Waals surface area contributed by atoms with E-state index in [1.54, 1.807) is 35.7 Å². The molecule has 2 heterocycles. The molecular weight excluding hydrogens is 675 g/mol. The smallest absolute Gasteiger partial charge is 0.359 e. The van der Waals surface area contributed by atoms with Gasteiger partial charge in [-0.25, -0.2) is 18.4 Å². The molecule has 0 saturated carbocycles. The summed E-state index contributed by atoms with van der Waals surface area (Å²) in [4.78, 5) is 40.6. The summed E-state index contributed by atoms with van der Waals surface area (Å²) in [5, 5.41) is 2.98. The van der Waals surface area contributed by atoms with Crippen LogP contribution in [0.1, 0.15) is 70.9 Å². The molecule has 0 atom stereocenters. The van der Waals surface area contributed by atoms with Gasteiger partial charge in [0, 0.05) is 45.8 Å². The number of benzene rings is 4. The van der Waals surface area contributed by atoms with Gasteiger partial charge in [-0.15, -0.1) is 10.1 Å². The van der Waals surface area contributed by atoms with Crippen molar-refractivity contribution in [2.75, 3.05) is 26.2 Å². The number of nitrogens with zero attached hydrogens (tertiary/aromatic N) is 2. The number of hydrogen-bond donors (Lipinski definition) is 0. The second-order valence-corrected chi connectivity index (χ2v) is 15.4. The number of piperidine rings is 2. The van der Waals surface area contributed by atoms with Crippen molar-refractivity contribution in [3.8, 4) is 0 Å². The van der Waals surface area contributed by atoms with Crippen LogP contribution < -0.4 is 0 Å². The van der Waals surface area contributed by atoms with E-state index in [9.17, 15) is 18.4 Å². The Balaban J connectivity index is 0.992. The summed E-state index contributed by atoms with van der Waals surface area (Å²) in [6, 6.07) is 22.5. The molecule has 6 rings (SSSR count). The van der Waals surface area contributed by atoms with Gasteiger partial charge in [0.1, 0.15) is 11.6 Å². The van der Waals surface area contributed by atoms with Gasteiger partial charge in [-0.1, -0.05) is 58.9 Å². The number of carbonyl (C=O) groups excluding carboxylic acids is 2.